The largest absolute Gasteiger partial charge is 0.271 e. The van der Waals surface area contributed by atoms with Crippen LogP contribution in [-0.2, 0) is 0 Å². The molecule has 1 heterocycles. The zero-order chi connectivity index (χ0) is 11.3. The molecule has 3 heteroatoms. The standard InChI is InChI=1S/C12H21N3/c1-9(2)4-7-12(15-13)11-6-5-10(3)14-8-11/h5-6,8-9,12,15H,4,7,13H2,1-3H3. The maximum Gasteiger partial charge on any atom is 0.0475 e. The molecule has 1 unspecified atom stereocenters. The van der Waals surface area contributed by atoms with Gasteiger partial charge in [0.05, 0.1) is 0 Å². The first kappa shape index (κ1) is 12.1. The van der Waals surface area contributed by atoms with Gasteiger partial charge in [-0.1, -0.05) is 19.9 Å². The Labute approximate surface area is 92.1 Å². The van der Waals surface area contributed by atoms with Crippen LogP contribution in [0.4, 0.5) is 0 Å². The fraction of sp³-hybridized carbons (Fsp3) is 0.583. The van der Waals surface area contributed by atoms with Crippen molar-refractivity contribution >= 4 is 0 Å². The van der Waals surface area contributed by atoms with Crippen LogP contribution in [0.2, 0.25) is 0 Å². The molecule has 0 aliphatic heterocycles. The highest BCUT2D eigenvalue weighted by atomic mass is 15.2. The smallest absolute Gasteiger partial charge is 0.0475 e. The fourth-order valence-corrected chi connectivity index (χ4v) is 1.53. The third-order valence-corrected chi connectivity index (χ3v) is 2.57. The quantitative estimate of drug-likeness (QED) is 0.575. The number of hydrogen-bond acceptors (Lipinski definition) is 3. The normalized spacial score (nSPS) is 13.1. The monoisotopic (exact) mass is 207 g/mol. The number of hydrazine groups is 1. The Morgan fingerprint density at radius 3 is 2.53 bits per heavy atom. The number of nitrogens with two attached hydrogens (primary N) is 1. The first-order chi connectivity index (χ1) is 7.13. The molecule has 1 aromatic rings. The van der Waals surface area contributed by atoms with Crippen LogP contribution >= 0.6 is 0 Å². The van der Waals surface area contributed by atoms with Gasteiger partial charge in [0.2, 0.25) is 0 Å². The second kappa shape index (κ2) is 5.83. The Balaban J connectivity index is 2.61. The number of pyridine rings is 1. The SMILES string of the molecule is Cc1ccc(C(CCC(C)C)NN)cn1. The minimum atomic E-state index is 0.223. The van der Waals surface area contributed by atoms with Gasteiger partial charge in [-0.15, -0.1) is 0 Å². The highest BCUT2D eigenvalue weighted by Crippen LogP contribution is 2.19. The Morgan fingerprint density at radius 1 is 1.33 bits per heavy atom. The number of aryl methyl sites for hydroxylation is 1. The van der Waals surface area contributed by atoms with Gasteiger partial charge in [0.25, 0.3) is 0 Å². The van der Waals surface area contributed by atoms with E-state index in [1.165, 1.54) is 12.0 Å². The van der Waals surface area contributed by atoms with Crippen molar-refractivity contribution in [3.05, 3.63) is 29.6 Å². The number of nitrogens with one attached hydrogen (secondary N) is 1. The van der Waals surface area contributed by atoms with Crippen LogP contribution in [0.15, 0.2) is 18.3 Å². The molecule has 0 saturated heterocycles. The van der Waals surface area contributed by atoms with E-state index in [4.69, 9.17) is 5.84 Å². The third kappa shape index (κ3) is 3.98. The van der Waals surface area contributed by atoms with Crippen LogP contribution in [0.25, 0.3) is 0 Å². The van der Waals surface area contributed by atoms with Crippen molar-refractivity contribution in [3.63, 3.8) is 0 Å². The number of rotatable bonds is 5. The molecule has 15 heavy (non-hydrogen) atoms. The molecule has 0 bridgehead atoms. The van der Waals surface area contributed by atoms with Crippen LogP contribution in [-0.4, -0.2) is 4.98 Å². The molecular formula is C12H21N3. The summed E-state index contributed by atoms with van der Waals surface area (Å²) in [4.78, 5) is 4.28. The summed E-state index contributed by atoms with van der Waals surface area (Å²) in [5.41, 5.74) is 5.06. The lowest BCUT2D eigenvalue weighted by molar-refractivity contribution is 0.447. The minimum absolute atomic E-state index is 0.223. The van der Waals surface area contributed by atoms with Crippen LogP contribution in [0.5, 0.6) is 0 Å². The first-order valence-electron chi connectivity index (χ1n) is 5.52. The summed E-state index contributed by atoms with van der Waals surface area (Å²) in [5, 5.41) is 0. The first-order valence-corrected chi connectivity index (χ1v) is 5.52. The summed E-state index contributed by atoms with van der Waals surface area (Å²) in [6, 6.07) is 4.34. The van der Waals surface area contributed by atoms with Gasteiger partial charge in [-0.05, 0) is 37.3 Å². The summed E-state index contributed by atoms with van der Waals surface area (Å²) in [6.07, 6.45) is 4.13. The zero-order valence-corrected chi connectivity index (χ0v) is 9.83. The molecule has 0 fully saturated rings. The van der Waals surface area contributed by atoms with E-state index in [9.17, 15) is 0 Å². The minimum Gasteiger partial charge on any atom is -0.271 e. The second-order valence-corrected chi connectivity index (χ2v) is 4.42. The Kier molecular flexibility index (Phi) is 4.72. The van der Waals surface area contributed by atoms with Gasteiger partial charge in [-0.3, -0.25) is 16.3 Å². The van der Waals surface area contributed by atoms with Gasteiger partial charge in [0.1, 0.15) is 0 Å². The average molecular weight is 207 g/mol. The lowest BCUT2D eigenvalue weighted by Gasteiger charge is -2.17. The lowest BCUT2D eigenvalue weighted by atomic mass is 9.99. The maximum atomic E-state index is 5.55. The van der Waals surface area contributed by atoms with Crippen LogP contribution < -0.4 is 11.3 Å². The molecule has 0 aliphatic rings. The van der Waals surface area contributed by atoms with Crippen molar-refractivity contribution in [2.45, 2.75) is 39.7 Å². The molecule has 0 radical (unpaired) electrons. The number of nitrogens with zero attached hydrogens (tertiary/aromatic N) is 1. The Hall–Kier alpha value is -0.930. The summed E-state index contributed by atoms with van der Waals surface area (Å²) in [7, 11) is 0. The van der Waals surface area contributed by atoms with Crippen LogP contribution in [0.1, 0.15) is 44.0 Å². The third-order valence-electron chi connectivity index (χ3n) is 2.57. The Morgan fingerprint density at radius 2 is 2.07 bits per heavy atom. The number of hydrogen-bond donors (Lipinski definition) is 2. The lowest BCUT2D eigenvalue weighted by Crippen LogP contribution is -2.28. The molecule has 0 spiro atoms. The van der Waals surface area contributed by atoms with Crippen molar-refractivity contribution < 1.29 is 0 Å². The zero-order valence-electron chi connectivity index (χ0n) is 9.83. The second-order valence-electron chi connectivity index (χ2n) is 4.42. The molecule has 3 N–H and O–H groups in total. The van der Waals surface area contributed by atoms with Crippen molar-refractivity contribution in [2.75, 3.05) is 0 Å². The van der Waals surface area contributed by atoms with E-state index in [1.807, 2.05) is 19.2 Å². The van der Waals surface area contributed by atoms with Crippen LogP contribution in [0.3, 0.4) is 0 Å². The van der Waals surface area contributed by atoms with E-state index in [0.717, 1.165) is 12.1 Å². The maximum absolute atomic E-state index is 5.55. The van der Waals surface area contributed by atoms with Crippen molar-refractivity contribution in [1.82, 2.24) is 10.4 Å². The molecule has 1 aromatic heterocycles. The predicted molar refractivity (Wildman–Crippen MR) is 63.1 cm³/mol. The molecule has 1 atom stereocenters. The van der Waals surface area contributed by atoms with E-state index < -0.39 is 0 Å². The van der Waals surface area contributed by atoms with Crippen molar-refractivity contribution in [2.24, 2.45) is 11.8 Å². The van der Waals surface area contributed by atoms with Crippen molar-refractivity contribution in [3.8, 4) is 0 Å². The Bertz CT molecular complexity index is 279. The topological polar surface area (TPSA) is 50.9 Å². The molecule has 0 aromatic carbocycles. The van der Waals surface area contributed by atoms with E-state index >= 15 is 0 Å². The summed E-state index contributed by atoms with van der Waals surface area (Å²) in [5.74, 6) is 6.26. The summed E-state index contributed by atoms with van der Waals surface area (Å²) in [6.45, 7) is 6.44. The van der Waals surface area contributed by atoms with E-state index in [-0.39, 0.29) is 6.04 Å². The van der Waals surface area contributed by atoms with Gasteiger partial charge in [-0.2, -0.15) is 0 Å². The fourth-order valence-electron chi connectivity index (χ4n) is 1.53. The van der Waals surface area contributed by atoms with E-state index in [1.54, 1.807) is 0 Å². The van der Waals surface area contributed by atoms with Crippen LogP contribution in [0, 0.1) is 12.8 Å². The van der Waals surface area contributed by atoms with Gasteiger partial charge >= 0.3 is 0 Å². The van der Waals surface area contributed by atoms with Gasteiger partial charge in [0, 0.05) is 17.9 Å². The molecule has 0 saturated carbocycles. The molecule has 1 rings (SSSR count). The molecular weight excluding hydrogens is 186 g/mol. The van der Waals surface area contributed by atoms with Gasteiger partial charge in [0.15, 0.2) is 0 Å². The number of aromatic nitrogens is 1. The van der Waals surface area contributed by atoms with Gasteiger partial charge in [-0.25, -0.2) is 0 Å². The van der Waals surface area contributed by atoms with Crippen molar-refractivity contribution in [1.29, 1.82) is 0 Å². The van der Waals surface area contributed by atoms with E-state index in [2.05, 4.69) is 30.3 Å². The average Bonchev–Trinajstić information content (AvgIpc) is 2.21. The highest BCUT2D eigenvalue weighted by Gasteiger charge is 2.10. The molecule has 0 aliphatic carbocycles. The summed E-state index contributed by atoms with van der Waals surface area (Å²) < 4.78 is 0. The van der Waals surface area contributed by atoms with Gasteiger partial charge < -0.3 is 0 Å². The molecule has 84 valence electrons. The van der Waals surface area contributed by atoms with E-state index in [0.29, 0.717) is 5.92 Å². The predicted octanol–water partition coefficient (Wildman–Crippen LogP) is 2.33. The summed E-state index contributed by atoms with van der Waals surface area (Å²) >= 11 is 0. The molecule has 0 amide bonds. The highest BCUT2D eigenvalue weighted by molar-refractivity contribution is 5.16. The molecule has 3 nitrogen and oxygen atoms in total.